The standard InChI is InChI=1S/C9H4F12O4/c1-23-5(22)6(13,14)9(20,21)25-4(7(15,16)17)8(18,19)24-3(12)2(10)11/h4H,1H3. The Balaban J connectivity index is 5.88. The summed E-state index contributed by atoms with van der Waals surface area (Å²) >= 11 is 0. The Kier molecular flexibility index (Phi) is 6.63. The van der Waals surface area contributed by atoms with Crippen LogP contribution in [0.15, 0.2) is 12.1 Å². The van der Waals surface area contributed by atoms with E-state index in [4.69, 9.17) is 0 Å². The van der Waals surface area contributed by atoms with Gasteiger partial charge in [0.2, 0.25) is 0 Å². The van der Waals surface area contributed by atoms with Crippen LogP contribution in [0.3, 0.4) is 0 Å². The van der Waals surface area contributed by atoms with Crippen molar-refractivity contribution in [2.24, 2.45) is 0 Å². The first-order valence-corrected chi connectivity index (χ1v) is 5.26. The summed E-state index contributed by atoms with van der Waals surface area (Å²) in [6.07, 6.45) is -28.7. The average Bonchev–Trinajstić information content (AvgIpc) is 2.41. The summed E-state index contributed by atoms with van der Waals surface area (Å²) in [5.74, 6) is -9.38. The van der Waals surface area contributed by atoms with E-state index in [9.17, 15) is 57.5 Å². The van der Waals surface area contributed by atoms with Crippen LogP contribution in [0.4, 0.5) is 52.7 Å². The molecule has 0 aliphatic rings. The molecule has 0 saturated carbocycles. The summed E-state index contributed by atoms with van der Waals surface area (Å²) in [5.41, 5.74) is 0. The van der Waals surface area contributed by atoms with Crippen LogP contribution in [0.1, 0.15) is 0 Å². The van der Waals surface area contributed by atoms with Crippen molar-refractivity contribution in [3.8, 4) is 0 Å². The van der Waals surface area contributed by atoms with Gasteiger partial charge in [0.25, 0.3) is 6.10 Å². The van der Waals surface area contributed by atoms with Crippen molar-refractivity contribution in [2.45, 2.75) is 30.4 Å². The summed E-state index contributed by atoms with van der Waals surface area (Å²) in [6.45, 7) is 0. The molecule has 0 amide bonds. The van der Waals surface area contributed by atoms with E-state index in [0.717, 1.165) is 0 Å². The number of ether oxygens (including phenoxy) is 3. The Morgan fingerprint density at radius 2 is 1.32 bits per heavy atom. The number of alkyl halides is 9. The van der Waals surface area contributed by atoms with Crippen molar-refractivity contribution in [1.29, 1.82) is 0 Å². The molecular weight excluding hydrogens is 400 g/mol. The van der Waals surface area contributed by atoms with Gasteiger partial charge < -0.3 is 9.47 Å². The summed E-state index contributed by atoms with van der Waals surface area (Å²) in [7, 11) is 0.0927. The molecule has 0 rings (SSSR count). The Morgan fingerprint density at radius 1 is 0.880 bits per heavy atom. The van der Waals surface area contributed by atoms with Crippen molar-refractivity contribution in [3.63, 3.8) is 0 Å². The maximum atomic E-state index is 13.0. The summed E-state index contributed by atoms with van der Waals surface area (Å²) in [5, 5.41) is 0. The maximum absolute atomic E-state index is 13.0. The molecule has 0 aromatic carbocycles. The molecule has 0 radical (unpaired) electrons. The van der Waals surface area contributed by atoms with Gasteiger partial charge in [0.1, 0.15) is 0 Å². The minimum atomic E-state index is -6.66. The molecule has 4 nitrogen and oxygen atoms in total. The normalized spacial score (nSPS) is 14.8. The van der Waals surface area contributed by atoms with E-state index in [2.05, 4.69) is 14.2 Å². The van der Waals surface area contributed by atoms with Crippen molar-refractivity contribution in [2.75, 3.05) is 7.11 Å². The lowest BCUT2D eigenvalue weighted by atomic mass is 10.2. The fraction of sp³-hybridized carbons (Fsp3) is 0.667. The molecular formula is C9H4F12O4. The van der Waals surface area contributed by atoms with Crippen molar-refractivity contribution >= 4 is 5.97 Å². The molecule has 25 heavy (non-hydrogen) atoms. The molecule has 0 aliphatic heterocycles. The van der Waals surface area contributed by atoms with Gasteiger partial charge in [0, 0.05) is 0 Å². The van der Waals surface area contributed by atoms with Gasteiger partial charge in [0.15, 0.2) is 0 Å². The Morgan fingerprint density at radius 3 is 1.64 bits per heavy atom. The topological polar surface area (TPSA) is 44.8 Å². The number of rotatable bonds is 7. The maximum Gasteiger partial charge on any atom is 0.435 e. The molecule has 0 saturated heterocycles. The van der Waals surface area contributed by atoms with Gasteiger partial charge in [-0.2, -0.15) is 52.7 Å². The number of halogens is 12. The van der Waals surface area contributed by atoms with Gasteiger partial charge in [0.05, 0.1) is 7.11 Å². The molecule has 148 valence electrons. The van der Waals surface area contributed by atoms with Crippen LogP contribution in [0.25, 0.3) is 0 Å². The zero-order valence-electron chi connectivity index (χ0n) is 11.2. The first kappa shape index (κ1) is 23.1. The van der Waals surface area contributed by atoms with Gasteiger partial charge in [-0.1, -0.05) is 0 Å². The predicted molar refractivity (Wildman–Crippen MR) is 49.2 cm³/mol. The molecule has 0 heterocycles. The minimum Gasteiger partial charge on any atom is -0.464 e. The molecule has 0 aromatic rings. The van der Waals surface area contributed by atoms with Crippen LogP contribution in [0.2, 0.25) is 0 Å². The summed E-state index contributed by atoms with van der Waals surface area (Å²) in [4.78, 5) is 10.4. The smallest absolute Gasteiger partial charge is 0.435 e. The van der Waals surface area contributed by atoms with Gasteiger partial charge in [-0.25, -0.2) is 4.79 Å². The van der Waals surface area contributed by atoms with Gasteiger partial charge >= 0.3 is 42.4 Å². The molecule has 0 aliphatic carbocycles. The molecule has 0 bridgehead atoms. The van der Waals surface area contributed by atoms with Gasteiger partial charge in [-0.3, -0.25) is 4.74 Å². The molecule has 0 spiro atoms. The molecule has 0 N–H and O–H groups in total. The second-order valence-electron chi connectivity index (χ2n) is 3.82. The minimum absolute atomic E-state index is 0.0927. The fourth-order valence-electron chi connectivity index (χ4n) is 1.01. The number of carbonyl (C=O) groups is 1. The second-order valence-corrected chi connectivity index (χ2v) is 3.82. The van der Waals surface area contributed by atoms with Crippen molar-refractivity contribution < 1.29 is 71.7 Å². The molecule has 1 unspecified atom stereocenters. The monoisotopic (exact) mass is 404 g/mol. The van der Waals surface area contributed by atoms with E-state index in [1.807, 2.05) is 0 Å². The van der Waals surface area contributed by atoms with E-state index in [0.29, 0.717) is 0 Å². The molecule has 16 heteroatoms. The zero-order chi connectivity index (χ0) is 20.4. The highest BCUT2D eigenvalue weighted by atomic mass is 19.4. The second kappa shape index (κ2) is 7.17. The zero-order valence-corrected chi connectivity index (χ0v) is 11.2. The highest BCUT2D eigenvalue weighted by Gasteiger charge is 2.71. The molecule has 1 atom stereocenters. The number of hydrogen-bond donors (Lipinski definition) is 0. The van der Waals surface area contributed by atoms with Crippen LogP contribution < -0.4 is 0 Å². The van der Waals surface area contributed by atoms with E-state index in [-0.39, 0.29) is 7.11 Å². The molecule has 0 fully saturated rings. The third-order valence-electron chi connectivity index (χ3n) is 2.05. The summed E-state index contributed by atoms with van der Waals surface area (Å²) < 4.78 is 158. The van der Waals surface area contributed by atoms with Crippen molar-refractivity contribution in [3.05, 3.63) is 12.1 Å². The van der Waals surface area contributed by atoms with Crippen LogP contribution in [0.5, 0.6) is 0 Å². The molecule has 0 aromatic heterocycles. The first-order chi connectivity index (χ1) is 10.9. The van der Waals surface area contributed by atoms with E-state index >= 15 is 0 Å². The highest BCUT2D eigenvalue weighted by Crippen LogP contribution is 2.45. The van der Waals surface area contributed by atoms with Gasteiger partial charge in [-0.15, -0.1) is 0 Å². The lowest BCUT2D eigenvalue weighted by molar-refractivity contribution is -0.436. The summed E-state index contributed by atoms with van der Waals surface area (Å²) in [6, 6.07) is -3.62. The Hall–Kier alpha value is -1.87. The largest absolute Gasteiger partial charge is 0.464 e. The van der Waals surface area contributed by atoms with Gasteiger partial charge in [-0.05, 0) is 0 Å². The quantitative estimate of drug-likeness (QED) is 0.366. The van der Waals surface area contributed by atoms with Crippen LogP contribution in [-0.2, 0) is 19.0 Å². The number of carbonyl (C=O) groups excluding carboxylic acids is 1. The van der Waals surface area contributed by atoms with Crippen LogP contribution in [-0.4, -0.2) is 43.5 Å². The third kappa shape index (κ3) is 5.30. The van der Waals surface area contributed by atoms with E-state index in [1.165, 1.54) is 0 Å². The van der Waals surface area contributed by atoms with Crippen LogP contribution in [0, 0.1) is 0 Å². The SMILES string of the molecule is COC(=O)C(F)(F)C(F)(F)OC(C(F)(F)F)C(F)(F)OC(F)=C(F)F. The van der Waals surface area contributed by atoms with Crippen molar-refractivity contribution in [1.82, 2.24) is 0 Å². The highest BCUT2D eigenvalue weighted by molar-refractivity contribution is 5.78. The fourth-order valence-corrected chi connectivity index (χ4v) is 1.01. The van der Waals surface area contributed by atoms with Crippen LogP contribution >= 0.6 is 0 Å². The van der Waals surface area contributed by atoms with E-state index in [1.54, 1.807) is 0 Å². The predicted octanol–water partition coefficient (Wildman–Crippen LogP) is 3.98. The first-order valence-electron chi connectivity index (χ1n) is 5.26. The number of esters is 1. The average molecular weight is 404 g/mol. The lowest BCUT2D eigenvalue weighted by Crippen LogP contribution is -2.57. The number of methoxy groups -OCH3 is 1. The third-order valence-corrected chi connectivity index (χ3v) is 2.05. The van der Waals surface area contributed by atoms with E-state index < -0.39 is 48.5 Å². The Labute approximate surface area is 128 Å². The number of hydrogen-bond acceptors (Lipinski definition) is 4. The Bertz CT molecular complexity index is 521. The lowest BCUT2D eigenvalue weighted by Gasteiger charge is -2.32.